The van der Waals surface area contributed by atoms with Gasteiger partial charge in [-0.15, -0.1) is 0 Å². The highest BCUT2D eigenvalue weighted by molar-refractivity contribution is 5.94. The number of carbonyl (C=O) groups excluding carboxylic acids is 2. The molecule has 0 unspecified atom stereocenters. The first-order valence-electron chi connectivity index (χ1n) is 10.4. The number of hydrogen-bond acceptors (Lipinski definition) is 6. The number of hydrogen-bond donors (Lipinski definition) is 1. The molecule has 0 aliphatic carbocycles. The van der Waals surface area contributed by atoms with E-state index in [-0.39, 0.29) is 17.8 Å². The highest BCUT2D eigenvalue weighted by Gasteiger charge is 2.54. The van der Waals surface area contributed by atoms with Crippen molar-refractivity contribution in [2.75, 3.05) is 32.8 Å². The van der Waals surface area contributed by atoms with Crippen molar-refractivity contribution in [2.24, 2.45) is 11.3 Å². The number of amides is 1. The highest BCUT2D eigenvalue weighted by atomic mass is 19.4. The van der Waals surface area contributed by atoms with Crippen molar-refractivity contribution in [1.29, 1.82) is 0 Å². The molecule has 0 saturated carbocycles. The van der Waals surface area contributed by atoms with Gasteiger partial charge in [0.15, 0.2) is 0 Å². The van der Waals surface area contributed by atoms with Gasteiger partial charge in [0.1, 0.15) is 6.26 Å². The average Bonchev–Trinajstić information content (AvgIpc) is 3.33. The van der Waals surface area contributed by atoms with Crippen LogP contribution in [0.2, 0.25) is 0 Å². The molecule has 2 saturated heterocycles. The molecule has 3 heterocycles. The lowest BCUT2D eigenvalue weighted by atomic mass is 9.75. The van der Waals surface area contributed by atoms with Crippen molar-refractivity contribution in [1.82, 2.24) is 9.80 Å². The molecule has 1 aromatic rings. The quantitative estimate of drug-likeness (QED) is 0.687. The van der Waals surface area contributed by atoms with E-state index >= 15 is 0 Å². The van der Waals surface area contributed by atoms with Crippen molar-refractivity contribution in [3.8, 4) is 0 Å². The van der Waals surface area contributed by atoms with Gasteiger partial charge in [0.2, 0.25) is 0 Å². The van der Waals surface area contributed by atoms with Gasteiger partial charge in [0, 0.05) is 38.1 Å². The Labute approximate surface area is 184 Å². The molecule has 11 heteroatoms. The van der Waals surface area contributed by atoms with Gasteiger partial charge < -0.3 is 19.2 Å². The number of halogens is 3. The first-order valence-corrected chi connectivity index (χ1v) is 10.4. The lowest BCUT2D eigenvalue weighted by Crippen LogP contribution is -2.43. The number of fused-ring (bicyclic) bond motifs is 1. The molecule has 0 aromatic carbocycles. The zero-order valence-corrected chi connectivity index (χ0v) is 18.4. The Hall–Kier alpha value is -2.56. The summed E-state index contributed by atoms with van der Waals surface area (Å²) in [6.07, 6.45) is -0.495. The van der Waals surface area contributed by atoms with Crippen LogP contribution in [0.15, 0.2) is 23.0 Å². The molecular weight excluding hydrogens is 433 g/mol. The first-order chi connectivity index (χ1) is 14.9. The molecule has 32 heavy (non-hydrogen) atoms. The molecule has 2 atom stereocenters. The second-order valence-electron chi connectivity index (χ2n) is 8.27. The van der Waals surface area contributed by atoms with Gasteiger partial charge in [-0.05, 0) is 39.7 Å². The number of alkyl halides is 3. The number of carbonyl (C=O) groups is 3. The van der Waals surface area contributed by atoms with Crippen LogP contribution < -0.4 is 0 Å². The van der Waals surface area contributed by atoms with Gasteiger partial charge >= 0.3 is 18.1 Å². The second kappa shape index (κ2) is 10.4. The van der Waals surface area contributed by atoms with Crippen molar-refractivity contribution < 1.29 is 41.8 Å². The third-order valence-electron chi connectivity index (χ3n) is 5.92. The smallest absolute Gasteiger partial charge is 0.475 e. The summed E-state index contributed by atoms with van der Waals surface area (Å²) in [6, 6.07) is 2.07. The normalized spacial score (nSPS) is 23.7. The van der Waals surface area contributed by atoms with Crippen LogP contribution in [0.3, 0.4) is 0 Å². The average molecular weight is 462 g/mol. The number of nitrogens with zero attached hydrogens (tertiary/aromatic N) is 2. The zero-order valence-electron chi connectivity index (χ0n) is 18.4. The summed E-state index contributed by atoms with van der Waals surface area (Å²) in [5.41, 5.74) is 0.0773. The summed E-state index contributed by atoms with van der Waals surface area (Å²) in [5, 5.41) is 7.12. The van der Waals surface area contributed by atoms with Crippen molar-refractivity contribution in [3.05, 3.63) is 24.2 Å². The molecule has 0 radical (unpaired) electrons. The van der Waals surface area contributed by atoms with Gasteiger partial charge in [-0.2, -0.15) is 13.2 Å². The zero-order chi connectivity index (χ0) is 24.1. The van der Waals surface area contributed by atoms with Gasteiger partial charge in [0.25, 0.3) is 5.91 Å². The van der Waals surface area contributed by atoms with E-state index in [1.165, 1.54) is 12.5 Å². The number of likely N-dealkylation sites (tertiary alicyclic amines) is 2. The van der Waals surface area contributed by atoms with Gasteiger partial charge in [-0.25, -0.2) is 4.79 Å². The van der Waals surface area contributed by atoms with Crippen molar-refractivity contribution in [3.63, 3.8) is 0 Å². The van der Waals surface area contributed by atoms with Crippen LogP contribution in [0.4, 0.5) is 13.2 Å². The lowest BCUT2D eigenvalue weighted by Gasteiger charge is -2.31. The SMILES string of the molecule is CCOC(=O)[C@]12CCCN(C(=O)c3ccoc3)C[C@H]1CN(C(C)C)C2.O=C(O)C(F)(F)F. The predicted octanol–water partition coefficient (Wildman–Crippen LogP) is 3.04. The van der Waals surface area contributed by atoms with Gasteiger partial charge in [0.05, 0.1) is 23.8 Å². The maximum Gasteiger partial charge on any atom is 0.490 e. The first kappa shape index (κ1) is 25.7. The largest absolute Gasteiger partial charge is 0.490 e. The molecule has 8 nitrogen and oxygen atoms in total. The van der Waals surface area contributed by atoms with Crippen LogP contribution in [0.1, 0.15) is 44.0 Å². The van der Waals surface area contributed by atoms with E-state index in [1.807, 2.05) is 11.8 Å². The molecule has 3 rings (SSSR count). The molecule has 1 N–H and O–H groups in total. The second-order valence-corrected chi connectivity index (χ2v) is 8.27. The molecule has 1 amide bonds. The third-order valence-corrected chi connectivity index (χ3v) is 5.92. The van der Waals surface area contributed by atoms with Gasteiger partial charge in [-0.1, -0.05) is 0 Å². The van der Waals surface area contributed by atoms with Crippen LogP contribution in [0.25, 0.3) is 0 Å². The Balaban J connectivity index is 0.000000451. The minimum absolute atomic E-state index is 0.0172. The molecule has 2 fully saturated rings. The number of esters is 1. The molecule has 1 aromatic heterocycles. The molecule has 2 aliphatic rings. The summed E-state index contributed by atoms with van der Waals surface area (Å²) in [6.45, 7) is 9.36. The van der Waals surface area contributed by atoms with E-state index in [1.54, 1.807) is 6.07 Å². The fraction of sp³-hybridized carbons (Fsp3) is 0.667. The molecule has 2 aliphatic heterocycles. The predicted molar refractivity (Wildman–Crippen MR) is 107 cm³/mol. The topological polar surface area (TPSA) is 100 Å². The van der Waals surface area contributed by atoms with Gasteiger partial charge in [-0.3, -0.25) is 14.5 Å². The number of aliphatic carboxylic acids is 1. The standard InChI is InChI=1S/C19H28N2O4.C2HF3O2/c1-4-25-18(23)19-7-5-8-20(17(22)15-6-9-24-12-15)10-16(19)11-21(13-19)14(2)3;3-2(4,5)1(6)7/h6,9,12,14,16H,4-5,7-8,10-11,13H2,1-3H3;(H,6,7)/t16-,19-;/m0./s1. The fourth-order valence-corrected chi connectivity index (χ4v) is 4.23. The van der Waals surface area contributed by atoms with E-state index < -0.39 is 17.6 Å². The number of ether oxygens (including phenoxy) is 1. The van der Waals surface area contributed by atoms with E-state index in [0.717, 1.165) is 25.9 Å². The summed E-state index contributed by atoms with van der Waals surface area (Å²) in [5.74, 6) is -2.77. The Morgan fingerprint density at radius 3 is 2.47 bits per heavy atom. The van der Waals surface area contributed by atoms with E-state index in [2.05, 4.69) is 18.7 Å². The van der Waals surface area contributed by atoms with Crippen LogP contribution in [0.5, 0.6) is 0 Å². The third kappa shape index (κ3) is 5.81. The highest BCUT2D eigenvalue weighted by Crippen LogP contribution is 2.44. The monoisotopic (exact) mass is 462 g/mol. The lowest BCUT2D eigenvalue weighted by molar-refractivity contribution is -0.192. The molecular formula is C21H29F3N2O6. The van der Waals surface area contributed by atoms with Crippen molar-refractivity contribution in [2.45, 2.75) is 45.8 Å². The molecule has 0 bridgehead atoms. The Morgan fingerprint density at radius 1 is 1.31 bits per heavy atom. The van der Waals surface area contributed by atoms with E-state index in [9.17, 15) is 22.8 Å². The summed E-state index contributed by atoms with van der Waals surface area (Å²) in [7, 11) is 0. The van der Waals surface area contributed by atoms with Crippen LogP contribution in [-0.2, 0) is 14.3 Å². The Kier molecular flexibility index (Phi) is 8.33. The number of rotatable bonds is 4. The summed E-state index contributed by atoms with van der Waals surface area (Å²) in [4.78, 5) is 38.7. The van der Waals surface area contributed by atoms with Crippen LogP contribution in [0, 0.1) is 11.3 Å². The minimum Gasteiger partial charge on any atom is -0.475 e. The van der Waals surface area contributed by atoms with E-state index in [4.69, 9.17) is 19.1 Å². The fourth-order valence-electron chi connectivity index (χ4n) is 4.23. The Bertz CT molecular complexity index is 796. The number of furan rings is 1. The van der Waals surface area contributed by atoms with Crippen molar-refractivity contribution >= 4 is 17.8 Å². The van der Waals surface area contributed by atoms with Crippen LogP contribution in [-0.4, -0.2) is 77.8 Å². The molecule has 180 valence electrons. The molecule has 0 spiro atoms. The summed E-state index contributed by atoms with van der Waals surface area (Å²) < 4.78 is 42.2. The van der Waals surface area contributed by atoms with E-state index in [0.29, 0.717) is 31.3 Å². The Morgan fingerprint density at radius 2 is 1.97 bits per heavy atom. The maximum atomic E-state index is 12.9. The maximum absolute atomic E-state index is 12.9. The number of carboxylic acids is 1. The van der Waals surface area contributed by atoms with Crippen LogP contribution >= 0.6 is 0 Å². The number of carboxylic acid groups (broad SMARTS) is 1. The minimum atomic E-state index is -5.08. The summed E-state index contributed by atoms with van der Waals surface area (Å²) >= 11 is 0.